The van der Waals surface area contributed by atoms with Crippen molar-refractivity contribution < 1.29 is 29.2 Å². The van der Waals surface area contributed by atoms with E-state index in [1.54, 1.807) is 0 Å². The van der Waals surface area contributed by atoms with Crippen LogP contribution in [0.4, 0.5) is 0 Å². The normalized spacial score (nSPS) is 12.2. The van der Waals surface area contributed by atoms with E-state index in [0.29, 0.717) is 52.1 Å². The van der Waals surface area contributed by atoms with Gasteiger partial charge in [-0.2, -0.15) is 0 Å². The van der Waals surface area contributed by atoms with Gasteiger partial charge in [0.2, 0.25) is 0 Å². The summed E-state index contributed by atoms with van der Waals surface area (Å²) in [6.07, 6.45) is 3.57. The molecule has 0 aliphatic heterocycles. The number of hydrogen-bond acceptors (Lipinski definition) is 6. The number of rotatable bonds is 12. The lowest BCUT2D eigenvalue weighted by Gasteiger charge is -2.23. The van der Waals surface area contributed by atoms with Gasteiger partial charge in [0.25, 0.3) is 0 Å². The summed E-state index contributed by atoms with van der Waals surface area (Å²) in [7, 11) is 0. The van der Waals surface area contributed by atoms with Crippen LogP contribution in [0, 0.1) is 0 Å². The minimum atomic E-state index is 0.180. The number of benzene rings is 6. The molecule has 0 unspecified atom stereocenters. The van der Waals surface area contributed by atoms with Crippen LogP contribution in [0.1, 0.15) is 82.3 Å². The van der Waals surface area contributed by atoms with Gasteiger partial charge in [0.1, 0.15) is 47.7 Å². The standard InChI is InChI=1S/C48H48O6/c1-3-21-51-47-39-23-35-17-11-19-37(45(35)53-31-33-13-7-5-8-14-33)25-41-29-44(50)30-42(48(41)52-22-4-2)26-38-20-12-18-36(24-40(47)28-43(49)27-39)46(38)54-32-34-15-9-6-10-16-34/h5-20,27-30,49-50H,3-4,21-26,31-32H2,1-2H3. The Kier molecular flexibility index (Phi) is 11.7. The maximum atomic E-state index is 11.2. The molecule has 7 rings (SSSR count). The Labute approximate surface area is 318 Å². The zero-order valence-corrected chi connectivity index (χ0v) is 31.1. The van der Waals surface area contributed by atoms with E-state index >= 15 is 0 Å². The molecule has 6 aromatic rings. The molecule has 2 N–H and O–H groups in total. The molecule has 6 aromatic carbocycles. The van der Waals surface area contributed by atoms with Gasteiger partial charge in [-0.3, -0.25) is 0 Å². The van der Waals surface area contributed by atoms with Crippen LogP contribution in [0.3, 0.4) is 0 Å². The molecule has 0 heterocycles. The van der Waals surface area contributed by atoms with Gasteiger partial charge < -0.3 is 29.2 Å². The van der Waals surface area contributed by atoms with Crippen LogP contribution >= 0.6 is 0 Å². The van der Waals surface area contributed by atoms with E-state index in [9.17, 15) is 10.2 Å². The molecular formula is C48H48O6. The smallest absolute Gasteiger partial charge is 0.126 e. The highest BCUT2D eigenvalue weighted by Crippen LogP contribution is 2.41. The van der Waals surface area contributed by atoms with Crippen LogP contribution in [-0.4, -0.2) is 23.4 Å². The first kappa shape index (κ1) is 36.5. The third-order valence-corrected chi connectivity index (χ3v) is 9.69. The molecule has 0 saturated heterocycles. The molecular weight excluding hydrogens is 673 g/mol. The number of aromatic hydroxyl groups is 2. The van der Waals surface area contributed by atoms with Crippen LogP contribution in [0.25, 0.3) is 0 Å². The third kappa shape index (κ3) is 8.66. The van der Waals surface area contributed by atoms with Crippen LogP contribution in [-0.2, 0) is 38.9 Å². The van der Waals surface area contributed by atoms with Crippen LogP contribution in [0.5, 0.6) is 34.5 Å². The number of fused-ring (bicyclic) bond motifs is 8. The summed E-state index contributed by atoms with van der Waals surface area (Å²) in [5.41, 5.74) is 9.51. The van der Waals surface area contributed by atoms with Gasteiger partial charge in [-0.05, 0) is 70.5 Å². The fraction of sp³-hybridized carbons (Fsp3) is 0.250. The van der Waals surface area contributed by atoms with Gasteiger partial charge >= 0.3 is 0 Å². The maximum Gasteiger partial charge on any atom is 0.126 e. The second-order valence-electron chi connectivity index (χ2n) is 13.9. The quantitative estimate of drug-likeness (QED) is 0.131. The lowest BCUT2D eigenvalue weighted by Crippen LogP contribution is -2.09. The first-order valence-electron chi connectivity index (χ1n) is 19.0. The Morgan fingerprint density at radius 3 is 1.02 bits per heavy atom. The molecule has 54 heavy (non-hydrogen) atoms. The summed E-state index contributed by atoms with van der Waals surface area (Å²) < 4.78 is 26.6. The first-order chi connectivity index (χ1) is 26.5. The summed E-state index contributed by atoms with van der Waals surface area (Å²) in [5.74, 6) is 3.44. The van der Waals surface area contributed by atoms with Crippen molar-refractivity contribution in [2.45, 2.75) is 65.6 Å². The van der Waals surface area contributed by atoms with E-state index in [1.165, 1.54) is 0 Å². The molecule has 0 saturated carbocycles. The van der Waals surface area contributed by atoms with Crippen LogP contribution < -0.4 is 18.9 Å². The molecule has 1 aliphatic carbocycles. The zero-order valence-electron chi connectivity index (χ0n) is 31.1. The number of hydrogen-bond donors (Lipinski definition) is 2. The summed E-state index contributed by atoms with van der Waals surface area (Å²) in [4.78, 5) is 0. The Balaban J connectivity index is 1.43. The second-order valence-corrected chi connectivity index (χ2v) is 13.9. The van der Waals surface area contributed by atoms with E-state index in [-0.39, 0.29) is 11.5 Å². The van der Waals surface area contributed by atoms with E-state index < -0.39 is 0 Å². The van der Waals surface area contributed by atoms with Gasteiger partial charge in [0, 0.05) is 47.9 Å². The molecule has 276 valence electrons. The molecule has 8 bridgehead atoms. The average Bonchev–Trinajstić information content (AvgIpc) is 3.17. The molecule has 6 heteroatoms. The summed E-state index contributed by atoms with van der Waals surface area (Å²) >= 11 is 0. The fourth-order valence-electron chi connectivity index (χ4n) is 7.26. The highest BCUT2D eigenvalue weighted by atomic mass is 16.5. The lowest BCUT2D eigenvalue weighted by atomic mass is 9.91. The summed E-state index contributed by atoms with van der Waals surface area (Å²) in [6.45, 7) is 6.05. The molecule has 0 atom stereocenters. The second kappa shape index (κ2) is 17.3. The Morgan fingerprint density at radius 1 is 0.389 bits per heavy atom. The van der Waals surface area contributed by atoms with Crippen molar-refractivity contribution in [3.8, 4) is 34.5 Å². The number of phenolic OH excluding ortho intramolecular Hbond substituents is 2. The molecule has 0 fully saturated rings. The van der Waals surface area contributed by atoms with E-state index in [4.69, 9.17) is 18.9 Å². The van der Waals surface area contributed by atoms with Crippen molar-refractivity contribution in [3.63, 3.8) is 0 Å². The number of ether oxygens (including phenoxy) is 4. The molecule has 6 nitrogen and oxygen atoms in total. The molecule has 0 spiro atoms. The first-order valence-corrected chi connectivity index (χ1v) is 19.0. The van der Waals surface area contributed by atoms with Gasteiger partial charge in [-0.25, -0.2) is 0 Å². The predicted octanol–water partition coefficient (Wildman–Crippen LogP) is 10.5. The highest BCUT2D eigenvalue weighted by Gasteiger charge is 2.23. The predicted molar refractivity (Wildman–Crippen MR) is 213 cm³/mol. The van der Waals surface area contributed by atoms with E-state index in [2.05, 4.69) is 74.5 Å². The fourth-order valence-corrected chi connectivity index (χ4v) is 7.26. The van der Waals surface area contributed by atoms with E-state index in [1.807, 2.05) is 60.7 Å². The minimum Gasteiger partial charge on any atom is -0.508 e. The minimum absolute atomic E-state index is 0.180. The molecule has 0 aromatic heterocycles. The van der Waals surface area contributed by atoms with Gasteiger partial charge in [-0.1, -0.05) is 111 Å². The van der Waals surface area contributed by atoms with Gasteiger partial charge in [-0.15, -0.1) is 0 Å². The zero-order chi connectivity index (χ0) is 37.3. The van der Waals surface area contributed by atoms with Crippen molar-refractivity contribution in [3.05, 3.63) is 177 Å². The van der Waals surface area contributed by atoms with Crippen LogP contribution in [0.2, 0.25) is 0 Å². The van der Waals surface area contributed by atoms with Gasteiger partial charge in [0.15, 0.2) is 0 Å². The molecule has 0 amide bonds. The maximum absolute atomic E-state index is 11.2. The monoisotopic (exact) mass is 720 g/mol. The van der Waals surface area contributed by atoms with E-state index in [0.717, 1.165) is 91.5 Å². The lowest BCUT2D eigenvalue weighted by molar-refractivity contribution is 0.296. The number of phenols is 2. The summed E-state index contributed by atoms with van der Waals surface area (Å²) in [5, 5.41) is 22.5. The van der Waals surface area contributed by atoms with Crippen molar-refractivity contribution in [2.24, 2.45) is 0 Å². The highest BCUT2D eigenvalue weighted by molar-refractivity contribution is 5.58. The van der Waals surface area contributed by atoms with Crippen molar-refractivity contribution >= 4 is 0 Å². The number of para-hydroxylation sites is 2. The van der Waals surface area contributed by atoms with Gasteiger partial charge in [0.05, 0.1) is 13.2 Å². The van der Waals surface area contributed by atoms with Crippen molar-refractivity contribution in [1.29, 1.82) is 0 Å². The Morgan fingerprint density at radius 2 is 0.704 bits per heavy atom. The molecule has 1 aliphatic rings. The summed E-state index contributed by atoms with van der Waals surface area (Å²) in [6, 6.07) is 40.0. The average molecular weight is 721 g/mol. The SMILES string of the molecule is CCCOc1c2cc(O)cc1Cc1cccc(c1OCc1ccccc1)Cc1cc(O)cc(c1OCCC)Cc1cccc(c1OCc1ccccc1)C2. The largest absolute Gasteiger partial charge is 0.508 e. The van der Waals surface area contributed by atoms with Crippen LogP contribution in [0.15, 0.2) is 121 Å². The Hall–Kier alpha value is -5.88. The van der Waals surface area contributed by atoms with Crippen molar-refractivity contribution in [2.75, 3.05) is 13.2 Å². The Bertz CT molecular complexity index is 1930. The topological polar surface area (TPSA) is 77.4 Å². The molecule has 0 radical (unpaired) electrons. The van der Waals surface area contributed by atoms with Crippen molar-refractivity contribution in [1.82, 2.24) is 0 Å². The third-order valence-electron chi connectivity index (χ3n) is 9.69.